The van der Waals surface area contributed by atoms with Gasteiger partial charge in [0.1, 0.15) is 11.8 Å². The molecule has 1 unspecified atom stereocenters. The first-order valence-corrected chi connectivity index (χ1v) is 6.87. The molecule has 0 heterocycles. The van der Waals surface area contributed by atoms with Crippen LogP contribution in [0, 0.1) is 0 Å². The molecular weight excluding hydrogens is 258 g/mol. The van der Waals surface area contributed by atoms with E-state index in [-0.39, 0.29) is 6.61 Å². The van der Waals surface area contributed by atoms with E-state index in [2.05, 4.69) is 5.32 Å². The van der Waals surface area contributed by atoms with Gasteiger partial charge in [-0.15, -0.1) is 0 Å². The van der Waals surface area contributed by atoms with Crippen LogP contribution < -0.4 is 10.1 Å². The minimum atomic E-state index is -1.03. The Balaban J connectivity index is 1.85. The summed E-state index contributed by atoms with van der Waals surface area (Å²) in [6.07, 6.45) is 3.67. The van der Waals surface area contributed by atoms with Gasteiger partial charge < -0.3 is 15.2 Å². The molecule has 0 fully saturated rings. The number of nitrogens with one attached hydrogen (secondary N) is 1. The Labute approximate surface area is 117 Å². The van der Waals surface area contributed by atoms with Crippen molar-refractivity contribution in [2.45, 2.75) is 38.6 Å². The van der Waals surface area contributed by atoms with Crippen molar-refractivity contribution in [3.05, 3.63) is 29.3 Å². The van der Waals surface area contributed by atoms with Crippen molar-refractivity contribution >= 4 is 11.9 Å². The van der Waals surface area contributed by atoms with Gasteiger partial charge >= 0.3 is 5.97 Å². The van der Waals surface area contributed by atoms with Gasteiger partial charge in [-0.2, -0.15) is 0 Å². The summed E-state index contributed by atoms with van der Waals surface area (Å²) < 4.78 is 5.41. The number of hydrogen-bond acceptors (Lipinski definition) is 3. The Kier molecular flexibility index (Phi) is 4.61. The van der Waals surface area contributed by atoms with Crippen LogP contribution in [0.15, 0.2) is 18.2 Å². The number of aliphatic carboxylic acids is 1. The second kappa shape index (κ2) is 6.41. The second-order valence-electron chi connectivity index (χ2n) is 4.94. The maximum Gasteiger partial charge on any atom is 0.326 e. The Morgan fingerprint density at radius 2 is 2.10 bits per heavy atom. The number of carboxylic acids is 1. The highest BCUT2D eigenvalue weighted by atomic mass is 16.5. The number of carbonyl (C=O) groups is 2. The fourth-order valence-corrected chi connectivity index (χ4v) is 2.36. The van der Waals surface area contributed by atoms with Gasteiger partial charge in [-0.3, -0.25) is 4.79 Å². The molecule has 108 valence electrons. The predicted molar refractivity (Wildman–Crippen MR) is 73.8 cm³/mol. The lowest BCUT2D eigenvalue weighted by Gasteiger charge is -2.13. The van der Waals surface area contributed by atoms with Crippen LogP contribution in [0.25, 0.3) is 0 Å². The van der Waals surface area contributed by atoms with Crippen molar-refractivity contribution in [3.8, 4) is 5.75 Å². The molecule has 0 aliphatic heterocycles. The van der Waals surface area contributed by atoms with Crippen LogP contribution in [-0.4, -0.2) is 29.6 Å². The summed E-state index contributed by atoms with van der Waals surface area (Å²) in [5.41, 5.74) is 2.62. The normalized spacial score (nSPS) is 14.4. The molecule has 0 radical (unpaired) electrons. The maximum atomic E-state index is 11.6. The molecule has 1 aliphatic rings. The number of carbonyl (C=O) groups excluding carboxylic acids is 1. The Morgan fingerprint density at radius 3 is 2.80 bits per heavy atom. The zero-order valence-electron chi connectivity index (χ0n) is 11.5. The second-order valence-corrected chi connectivity index (χ2v) is 4.94. The maximum absolute atomic E-state index is 11.6. The monoisotopic (exact) mass is 277 g/mol. The molecular formula is C15H19NO4. The number of benzene rings is 1. The predicted octanol–water partition coefficient (Wildman–Crippen LogP) is 1.53. The van der Waals surface area contributed by atoms with E-state index in [4.69, 9.17) is 9.84 Å². The summed E-state index contributed by atoms with van der Waals surface area (Å²) in [5, 5.41) is 11.3. The third-order valence-electron chi connectivity index (χ3n) is 3.48. The molecule has 0 saturated carbocycles. The topological polar surface area (TPSA) is 75.6 Å². The standard InChI is InChI=1S/C15H19NO4/c1-2-13(15(18)19)16-14(17)9-20-12-7-6-10-4-3-5-11(10)8-12/h6-8,13H,2-5,9H2,1H3,(H,16,17)(H,18,19). The third-order valence-corrected chi connectivity index (χ3v) is 3.48. The van der Waals surface area contributed by atoms with E-state index in [9.17, 15) is 9.59 Å². The van der Waals surface area contributed by atoms with E-state index in [0.717, 1.165) is 19.3 Å². The van der Waals surface area contributed by atoms with Crippen LogP contribution in [0.2, 0.25) is 0 Å². The molecule has 1 aliphatic carbocycles. The average molecular weight is 277 g/mol. The van der Waals surface area contributed by atoms with Crippen molar-refractivity contribution in [1.29, 1.82) is 0 Å². The van der Waals surface area contributed by atoms with E-state index in [1.165, 1.54) is 11.1 Å². The average Bonchev–Trinajstić information content (AvgIpc) is 2.89. The number of aryl methyl sites for hydroxylation is 2. The first-order valence-electron chi connectivity index (χ1n) is 6.87. The molecule has 1 aromatic rings. The molecule has 5 heteroatoms. The zero-order chi connectivity index (χ0) is 14.5. The summed E-state index contributed by atoms with van der Waals surface area (Å²) in [7, 11) is 0. The lowest BCUT2D eigenvalue weighted by atomic mass is 10.1. The van der Waals surface area contributed by atoms with E-state index >= 15 is 0 Å². The van der Waals surface area contributed by atoms with Crippen molar-refractivity contribution < 1.29 is 19.4 Å². The molecule has 0 aromatic heterocycles. The first-order chi connectivity index (χ1) is 9.60. The van der Waals surface area contributed by atoms with Crippen LogP contribution in [0.5, 0.6) is 5.75 Å². The molecule has 5 nitrogen and oxygen atoms in total. The number of hydrogen-bond donors (Lipinski definition) is 2. The van der Waals surface area contributed by atoms with Gasteiger partial charge in [-0.1, -0.05) is 13.0 Å². The number of rotatable bonds is 6. The lowest BCUT2D eigenvalue weighted by molar-refractivity contribution is -0.142. The van der Waals surface area contributed by atoms with Gasteiger partial charge in [0.2, 0.25) is 0 Å². The summed E-state index contributed by atoms with van der Waals surface area (Å²) in [5.74, 6) is -0.790. The number of carboxylic acid groups (broad SMARTS) is 1. The van der Waals surface area contributed by atoms with E-state index in [0.29, 0.717) is 12.2 Å². The van der Waals surface area contributed by atoms with Gasteiger partial charge in [0.05, 0.1) is 0 Å². The molecule has 1 aromatic carbocycles. The highest BCUT2D eigenvalue weighted by Gasteiger charge is 2.18. The molecule has 0 spiro atoms. The Hall–Kier alpha value is -2.04. The smallest absolute Gasteiger partial charge is 0.326 e. The fourth-order valence-electron chi connectivity index (χ4n) is 2.36. The molecule has 0 bridgehead atoms. The van der Waals surface area contributed by atoms with Crippen molar-refractivity contribution in [2.24, 2.45) is 0 Å². The first kappa shape index (κ1) is 14.4. The van der Waals surface area contributed by atoms with Gasteiger partial charge in [0, 0.05) is 0 Å². The summed E-state index contributed by atoms with van der Waals surface area (Å²) >= 11 is 0. The van der Waals surface area contributed by atoms with Crippen LogP contribution >= 0.6 is 0 Å². The van der Waals surface area contributed by atoms with Crippen molar-refractivity contribution in [1.82, 2.24) is 5.32 Å². The Bertz CT molecular complexity index is 513. The highest BCUT2D eigenvalue weighted by Crippen LogP contribution is 2.25. The number of ether oxygens (including phenoxy) is 1. The van der Waals surface area contributed by atoms with Gasteiger partial charge in [0.15, 0.2) is 6.61 Å². The summed E-state index contributed by atoms with van der Waals surface area (Å²) in [6.45, 7) is 1.54. The summed E-state index contributed by atoms with van der Waals surface area (Å²) in [6, 6.07) is 4.99. The third kappa shape index (κ3) is 3.50. The molecule has 2 rings (SSSR count). The van der Waals surface area contributed by atoms with Crippen LogP contribution in [0.4, 0.5) is 0 Å². The SMILES string of the molecule is CCC(NC(=O)COc1ccc2c(c1)CCC2)C(=O)O. The minimum Gasteiger partial charge on any atom is -0.484 e. The van der Waals surface area contributed by atoms with E-state index in [1.807, 2.05) is 18.2 Å². The van der Waals surface area contributed by atoms with E-state index < -0.39 is 17.9 Å². The molecule has 2 N–H and O–H groups in total. The molecule has 1 atom stereocenters. The zero-order valence-corrected chi connectivity index (χ0v) is 11.5. The number of fused-ring (bicyclic) bond motifs is 1. The van der Waals surface area contributed by atoms with Crippen molar-refractivity contribution in [2.75, 3.05) is 6.61 Å². The van der Waals surface area contributed by atoms with Crippen LogP contribution in [-0.2, 0) is 22.4 Å². The quantitative estimate of drug-likeness (QED) is 0.827. The van der Waals surface area contributed by atoms with Gasteiger partial charge in [-0.05, 0) is 48.9 Å². The largest absolute Gasteiger partial charge is 0.484 e. The van der Waals surface area contributed by atoms with Crippen LogP contribution in [0.1, 0.15) is 30.9 Å². The fraction of sp³-hybridized carbons (Fsp3) is 0.467. The number of amides is 1. The van der Waals surface area contributed by atoms with E-state index in [1.54, 1.807) is 6.92 Å². The van der Waals surface area contributed by atoms with Crippen LogP contribution in [0.3, 0.4) is 0 Å². The lowest BCUT2D eigenvalue weighted by Crippen LogP contribution is -2.42. The summed E-state index contributed by atoms with van der Waals surface area (Å²) in [4.78, 5) is 22.4. The molecule has 1 amide bonds. The van der Waals surface area contributed by atoms with Crippen molar-refractivity contribution in [3.63, 3.8) is 0 Å². The molecule has 0 saturated heterocycles. The van der Waals surface area contributed by atoms with Gasteiger partial charge in [-0.25, -0.2) is 4.79 Å². The molecule has 20 heavy (non-hydrogen) atoms. The van der Waals surface area contributed by atoms with Gasteiger partial charge in [0.25, 0.3) is 5.91 Å². The minimum absolute atomic E-state index is 0.164. The Morgan fingerprint density at radius 1 is 1.35 bits per heavy atom. The highest BCUT2D eigenvalue weighted by molar-refractivity contribution is 5.84.